The van der Waals surface area contributed by atoms with Crippen molar-refractivity contribution in [1.82, 2.24) is 20.3 Å². The van der Waals surface area contributed by atoms with Crippen molar-refractivity contribution >= 4 is 11.2 Å². The molecule has 0 unspecified atom stereocenters. The third kappa shape index (κ3) is 3.87. The SMILES string of the molecule is c1ccc(COc2ccc(-c3nc4nccc(C5CCNCC5)c4[nH]3)cc2)cc1. The van der Waals surface area contributed by atoms with E-state index < -0.39 is 0 Å². The molecule has 1 aliphatic rings. The zero-order valence-electron chi connectivity index (χ0n) is 16.3. The molecule has 0 radical (unpaired) electrons. The lowest BCUT2D eigenvalue weighted by Gasteiger charge is -2.23. The standard InChI is InChI=1S/C24H24N4O/c1-2-4-17(5-3-1)16-29-20-8-6-19(7-9-20)23-27-22-21(12-15-26-24(22)28-23)18-10-13-25-14-11-18/h1-9,12,15,18,25H,10-11,13-14,16H2,(H,26,27,28). The highest BCUT2D eigenvalue weighted by Crippen LogP contribution is 2.31. The lowest BCUT2D eigenvalue weighted by atomic mass is 9.90. The van der Waals surface area contributed by atoms with Crippen molar-refractivity contribution in [3.63, 3.8) is 0 Å². The number of nitrogens with zero attached hydrogens (tertiary/aromatic N) is 2. The Hall–Kier alpha value is -3.18. The third-order valence-electron chi connectivity index (χ3n) is 5.58. The summed E-state index contributed by atoms with van der Waals surface area (Å²) in [6.07, 6.45) is 4.19. The first-order chi connectivity index (χ1) is 14.4. The number of hydrogen-bond acceptors (Lipinski definition) is 4. The van der Waals surface area contributed by atoms with E-state index in [1.165, 1.54) is 5.56 Å². The van der Waals surface area contributed by atoms with Gasteiger partial charge in [0.2, 0.25) is 0 Å². The number of H-pyrrole nitrogens is 1. The number of benzene rings is 2. The Balaban J connectivity index is 1.36. The number of imidazole rings is 1. The molecule has 3 heterocycles. The molecular weight excluding hydrogens is 360 g/mol. The van der Waals surface area contributed by atoms with E-state index in [1.807, 2.05) is 48.7 Å². The Morgan fingerprint density at radius 3 is 2.52 bits per heavy atom. The number of pyridine rings is 1. The molecule has 0 bridgehead atoms. The van der Waals surface area contributed by atoms with Crippen molar-refractivity contribution in [3.05, 3.63) is 78.0 Å². The van der Waals surface area contributed by atoms with Gasteiger partial charge >= 0.3 is 0 Å². The summed E-state index contributed by atoms with van der Waals surface area (Å²) in [6, 6.07) is 20.4. The summed E-state index contributed by atoms with van der Waals surface area (Å²) in [5.41, 5.74) is 5.38. The number of hydrogen-bond donors (Lipinski definition) is 2. The number of aromatic amines is 1. The van der Waals surface area contributed by atoms with E-state index in [4.69, 9.17) is 9.72 Å². The molecule has 5 heteroatoms. The summed E-state index contributed by atoms with van der Waals surface area (Å²) in [4.78, 5) is 12.7. The molecule has 146 valence electrons. The maximum Gasteiger partial charge on any atom is 0.178 e. The summed E-state index contributed by atoms with van der Waals surface area (Å²) in [5.74, 6) is 2.26. The number of ether oxygens (including phenoxy) is 1. The van der Waals surface area contributed by atoms with Crippen LogP contribution in [0.2, 0.25) is 0 Å². The van der Waals surface area contributed by atoms with Gasteiger partial charge in [0, 0.05) is 11.8 Å². The maximum absolute atomic E-state index is 5.89. The van der Waals surface area contributed by atoms with Crippen LogP contribution in [0.5, 0.6) is 5.75 Å². The zero-order valence-corrected chi connectivity index (χ0v) is 16.3. The van der Waals surface area contributed by atoms with Gasteiger partial charge in [-0.25, -0.2) is 9.97 Å². The van der Waals surface area contributed by atoms with E-state index >= 15 is 0 Å². The number of aromatic nitrogens is 3. The molecule has 5 rings (SSSR count). The molecule has 2 aromatic carbocycles. The second-order valence-electron chi connectivity index (χ2n) is 7.51. The first-order valence-corrected chi connectivity index (χ1v) is 10.2. The van der Waals surface area contributed by atoms with Gasteiger partial charge in [-0.3, -0.25) is 0 Å². The fourth-order valence-electron chi connectivity index (χ4n) is 3.99. The highest BCUT2D eigenvalue weighted by atomic mass is 16.5. The van der Waals surface area contributed by atoms with Crippen LogP contribution >= 0.6 is 0 Å². The van der Waals surface area contributed by atoms with Gasteiger partial charge in [0.1, 0.15) is 18.2 Å². The highest BCUT2D eigenvalue weighted by Gasteiger charge is 2.19. The summed E-state index contributed by atoms with van der Waals surface area (Å²) in [7, 11) is 0. The summed E-state index contributed by atoms with van der Waals surface area (Å²) in [5, 5.41) is 3.44. The first kappa shape index (κ1) is 17.9. The predicted molar refractivity (Wildman–Crippen MR) is 115 cm³/mol. The van der Waals surface area contributed by atoms with E-state index in [-0.39, 0.29) is 0 Å². The van der Waals surface area contributed by atoms with Gasteiger partial charge in [0.05, 0.1) is 5.52 Å². The number of rotatable bonds is 5. The molecule has 2 N–H and O–H groups in total. The molecule has 0 spiro atoms. The Bertz CT molecular complexity index is 1080. The topological polar surface area (TPSA) is 62.8 Å². The molecule has 0 atom stereocenters. The lowest BCUT2D eigenvalue weighted by molar-refractivity contribution is 0.306. The van der Waals surface area contributed by atoms with Crippen LogP contribution in [0, 0.1) is 0 Å². The van der Waals surface area contributed by atoms with Crippen LogP contribution in [0.3, 0.4) is 0 Å². The molecule has 2 aromatic heterocycles. The molecule has 1 aliphatic heterocycles. The Kier molecular flexibility index (Phi) is 4.97. The van der Waals surface area contributed by atoms with Crippen molar-refractivity contribution < 1.29 is 4.74 Å². The van der Waals surface area contributed by atoms with Crippen molar-refractivity contribution in [2.45, 2.75) is 25.4 Å². The van der Waals surface area contributed by atoms with Gasteiger partial charge in [0.15, 0.2) is 5.65 Å². The van der Waals surface area contributed by atoms with Crippen LogP contribution in [-0.2, 0) is 6.61 Å². The first-order valence-electron chi connectivity index (χ1n) is 10.2. The summed E-state index contributed by atoms with van der Waals surface area (Å²) < 4.78 is 5.89. The molecule has 0 saturated carbocycles. The number of piperidine rings is 1. The van der Waals surface area contributed by atoms with Crippen LogP contribution < -0.4 is 10.1 Å². The molecular formula is C24H24N4O. The summed E-state index contributed by atoms with van der Waals surface area (Å²) >= 11 is 0. The number of fused-ring (bicyclic) bond motifs is 1. The van der Waals surface area contributed by atoms with Crippen LogP contribution in [0.4, 0.5) is 0 Å². The highest BCUT2D eigenvalue weighted by molar-refractivity contribution is 5.79. The molecule has 0 amide bonds. The minimum atomic E-state index is 0.559. The van der Waals surface area contributed by atoms with Crippen molar-refractivity contribution in [2.24, 2.45) is 0 Å². The van der Waals surface area contributed by atoms with E-state index in [0.717, 1.165) is 59.8 Å². The monoisotopic (exact) mass is 384 g/mol. The van der Waals surface area contributed by atoms with Crippen LogP contribution in [0.15, 0.2) is 66.9 Å². The quantitative estimate of drug-likeness (QED) is 0.525. The average molecular weight is 384 g/mol. The Labute approximate surface area is 170 Å². The fourth-order valence-corrected chi connectivity index (χ4v) is 3.99. The predicted octanol–water partition coefficient (Wildman–Crippen LogP) is 4.67. The van der Waals surface area contributed by atoms with Gasteiger partial charge in [-0.05, 0) is 73.3 Å². The van der Waals surface area contributed by atoms with Gasteiger partial charge in [0.25, 0.3) is 0 Å². The van der Waals surface area contributed by atoms with Crippen LogP contribution in [0.25, 0.3) is 22.6 Å². The molecule has 29 heavy (non-hydrogen) atoms. The minimum absolute atomic E-state index is 0.559. The van der Waals surface area contributed by atoms with Crippen molar-refractivity contribution in [3.8, 4) is 17.1 Å². The number of nitrogens with one attached hydrogen (secondary N) is 2. The third-order valence-corrected chi connectivity index (χ3v) is 5.58. The minimum Gasteiger partial charge on any atom is -0.489 e. The van der Waals surface area contributed by atoms with E-state index in [1.54, 1.807) is 0 Å². The Morgan fingerprint density at radius 1 is 0.931 bits per heavy atom. The van der Waals surface area contributed by atoms with Crippen molar-refractivity contribution in [2.75, 3.05) is 13.1 Å². The molecule has 0 aliphatic carbocycles. The van der Waals surface area contributed by atoms with Gasteiger partial charge in [-0.15, -0.1) is 0 Å². The van der Waals surface area contributed by atoms with E-state index in [9.17, 15) is 0 Å². The second kappa shape index (κ2) is 8.05. The van der Waals surface area contributed by atoms with E-state index in [0.29, 0.717) is 12.5 Å². The van der Waals surface area contributed by atoms with E-state index in [2.05, 4.69) is 33.5 Å². The fraction of sp³-hybridized carbons (Fsp3) is 0.250. The normalized spacial score (nSPS) is 14.9. The largest absolute Gasteiger partial charge is 0.489 e. The zero-order chi connectivity index (χ0) is 19.5. The maximum atomic E-state index is 5.89. The van der Waals surface area contributed by atoms with Gasteiger partial charge in [-0.1, -0.05) is 30.3 Å². The van der Waals surface area contributed by atoms with Gasteiger partial charge < -0.3 is 15.0 Å². The smallest absolute Gasteiger partial charge is 0.178 e. The molecule has 4 aromatic rings. The molecule has 1 fully saturated rings. The van der Waals surface area contributed by atoms with Crippen molar-refractivity contribution in [1.29, 1.82) is 0 Å². The molecule has 1 saturated heterocycles. The second-order valence-corrected chi connectivity index (χ2v) is 7.51. The van der Waals surface area contributed by atoms with Crippen LogP contribution in [-0.4, -0.2) is 28.0 Å². The summed E-state index contributed by atoms with van der Waals surface area (Å²) in [6.45, 7) is 2.70. The van der Waals surface area contributed by atoms with Crippen LogP contribution in [0.1, 0.15) is 29.9 Å². The van der Waals surface area contributed by atoms with Gasteiger partial charge in [-0.2, -0.15) is 0 Å². The lowest BCUT2D eigenvalue weighted by Crippen LogP contribution is -2.26. The average Bonchev–Trinajstić information content (AvgIpc) is 3.24. The Morgan fingerprint density at radius 2 is 1.72 bits per heavy atom. The molecule has 5 nitrogen and oxygen atoms in total.